The third-order valence-electron chi connectivity index (χ3n) is 8.60. The second-order valence-electron chi connectivity index (χ2n) is 13.3. The van der Waals surface area contributed by atoms with E-state index in [1.54, 1.807) is 0 Å². The summed E-state index contributed by atoms with van der Waals surface area (Å²) in [5.74, 6) is -1.37. The van der Waals surface area contributed by atoms with Crippen LogP contribution in [0, 0.1) is 0 Å². The van der Waals surface area contributed by atoms with E-state index < -0.39 is 5.97 Å². The molecule has 0 radical (unpaired) electrons. The van der Waals surface area contributed by atoms with Crippen molar-refractivity contribution < 1.29 is 38.5 Å². The number of allylic oxidation sites excluding steroid dienone is 2. The van der Waals surface area contributed by atoms with Gasteiger partial charge in [0.2, 0.25) is 0 Å². The molecule has 0 fully saturated rings. The number of carboxylic acid groups (broad SMARTS) is 1. The molecule has 0 amide bonds. The number of aliphatic carboxylic acids is 1. The first kappa shape index (κ1) is 46.4. The summed E-state index contributed by atoms with van der Waals surface area (Å²) >= 11 is 0. The number of hydrogen-bond donors (Lipinski definition) is 1. The van der Waals surface area contributed by atoms with Gasteiger partial charge < -0.3 is 19.3 Å². The van der Waals surface area contributed by atoms with Gasteiger partial charge in [-0.15, -0.1) is 0 Å². The van der Waals surface area contributed by atoms with Gasteiger partial charge in [-0.2, -0.15) is 0 Å². The highest BCUT2D eigenvalue weighted by molar-refractivity contribution is 5.70. The summed E-state index contributed by atoms with van der Waals surface area (Å²) in [6.45, 7) is 5.13. The van der Waals surface area contributed by atoms with E-state index >= 15 is 0 Å². The Balaban J connectivity index is 4.16. The summed E-state index contributed by atoms with van der Waals surface area (Å²) < 4.78 is 16.4. The number of esters is 3. The first-order chi connectivity index (χ1) is 23.9. The maximum Gasteiger partial charge on any atom is 0.306 e. The van der Waals surface area contributed by atoms with Crippen molar-refractivity contribution in [1.29, 1.82) is 0 Å². The van der Waals surface area contributed by atoms with Crippen LogP contribution < -0.4 is 0 Å². The second kappa shape index (κ2) is 36.6. The van der Waals surface area contributed by atoms with Gasteiger partial charge in [0.25, 0.3) is 0 Å². The lowest BCUT2D eigenvalue weighted by molar-refractivity contribution is -0.150. The Labute approximate surface area is 299 Å². The van der Waals surface area contributed by atoms with Gasteiger partial charge in [-0.3, -0.25) is 19.2 Å². The fourth-order valence-electron chi connectivity index (χ4n) is 5.57. The monoisotopic (exact) mass is 693 g/mol. The van der Waals surface area contributed by atoms with Crippen molar-refractivity contribution in [2.75, 3.05) is 13.2 Å². The largest absolute Gasteiger partial charge is 0.481 e. The molecule has 0 spiro atoms. The molecule has 0 aromatic carbocycles. The van der Waals surface area contributed by atoms with Crippen LogP contribution in [0.25, 0.3) is 0 Å². The minimum atomic E-state index is -0.846. The van der Waals surface area contributed by atoms with E-state index in [4.69, 9.17) is 19.3 Å². The maximum absolute atomic E-state index is 12.4. The summed E-state index contributed by atoms with van der Waals surface area (Å²) in [7, 11) is 0. The van der Waals surface area contributed by atoms with Gasteiger partial charge in [0.05, 0.1) is 0 Å². The molecular formula is C41H72O8. The van der Waals surface area contributed by atoms with E-state index in [-0.39, 0.29) is 36.9 Å². The third kappa shape index (κ3) is 36.5. The Bertz CT molecular complexity index is 814. The van der Waals surface area contributed by atoms with Crippen molar-refractivity contribution in [2.45, 2.75) is 200 Å². The van der Waals surface area contributed by atoms with Crippen LogP contribution in [0.4, 0.5) is 0 Å². The van der Waals surface area contributed by atoms with E-state index in [0.717, 1.165) is 89.9 Å². The minimum Gasteiger partial charge on any atom is -0.481 e. The number of carboxylic acids is 1. The summed E-state index contributed by atoms with van der Waals surface area (Å²) in [6, 6.07) is 0. The molecule has 0 heterocycles. The van der Waals surface area contributed by atoms with E-state index in [2.05, 4.69) is 26.0 Å². The quantitative estimate of drug-likeness (QED) is 0.0298. The second-order valence-corrected chi connectivity index (χ2v) is 13.3. The zero-order valence-corrected chi connectivity index (χ0v) is 31.4. The normalized spacial score (nSPS) is 11.5. The molecule has 8 heteroatoms. The molecule has 1 N–H and O–H groups in total. The van der Waals surface area contributed by atoms with Crippen LogP contribution in [-0.4, -0.2) is 48.3 Å². The third-order valence-corrected chi connectivity index (χ3v) is 8.60. The van der Waals surface area contributed by atoms with Gasteiger partial charge in [0, 0.05) is 25.7 Å². The molecule has 0 aliphatic carbocycles. The molecule has 0 bridgehead atoms. The lowest BCUT2D eigenvalue weighted by Gasteiger charge is -2.18. The standard InChI is InChI=1S/C41H72O8/c1-3-5-7-9-11-19-27-35-47-39(44)32-23-17-13-15-21-29-37(49-41(46)34-26-25-31-38(42)43)30-22-16-14-18-24-33-40(45)48-36-28-20-12-10-8-6-4-2/h19-20,27-28,37H,3-18,21-26,29-36H2,1-2H3,(H,42,43)/b27-19-,28-20-. The van der Waals surface area contributed by atoms with Gasteiger partial charge in [-0.1, -0.05) is 115 Å². The number of carbonyl (C=O) groups excluding carboxylic acids is 3. The van der Waals surface area contributed by atoms with Crippen molar-refractivity contribution in [3.63, 3.8) is 0 Å². The number of ether oxygens (including phenoxy) is 3. The molecule has 0 saturated carbocycles. The highest BCUT2D eigenvalue weighted by Gasteiger charge is 2.15. The minimum absolute atomic E-state index is 0.0681. The van der Waals surface area contributed by atoms with E-state index in [0.29, 0.717) is 38.9 Å². The molecule has 0 aliphatic rings. The van der Waals surface area contributed by atoms with Gasteiger partial charge in [0.1, 0.15) is 19.3 Å². The van der Waals surface area contributed by atoms with Crippen LogP contribution in [0.15, 0.2) is 24.3 Å². The van der Waals surface area contributed by atoms with Crippen molar-refractivity contribution >= 4 is 23.9 Å². The molecule has 49 heavy (non-hydrogen) atoms. The molecule has 0 aromatic heterocycles. The highest BCUT2D eigenvalue weighted by atomic mass is 16.5. The Morgan fingerprint density at radius 1 is 0.469 bits per heavy atom. The fourth-order valence-corrected chi connectivity index (χ4v) is 5.57. The number of carbonyl (C=O) groups is 4. The number of unbranched alkanes of at least 4 members (excludes halogenated alkanes) is 17. The van der Waals surface area contributed by atoms with Gasteiger partial charge in [0.15, 0.2) is 0 Å². The van der Waals surface area contributed by atoms with E-state index in [1.807, 2.05) is 12.2 Å². The highest BCUT2D eigenvalue weighted by Crippen LogP contribution is 2.18. The van der Waals surface area contributed by atoms with E-state index in [9.17, 15) is 19.2 Å². The molecule has 0 aromatic rings. The molecule has 8 nitrogen and oxygen atoms in total. The molecule has 0 unspecified atom stereocenters. The molecule has 0 aliphatic heterocycles. The zero-order chi connectivity index (χ0) is 36.0. The smallest absolute Gasteiger partial charge is 0.306 e. The average Bonchev–Trinajstić information content (AvgIpc) is 3.07. The Kier molecular flexibility index (Phi) is 34.7. The zero-order valence-electron chi connectivity index (χ0n) is 31.4. The van der Waals surface area contributed by atoms with E-state index in [1.165, 1.54) is 51.4 Å². The number of rotatable bonds is 36. The Morgan fingerprint density at radius 3 is 1.33 bits per heavy atom. The van der Waals surface area contributed by atoms with Crippen LogP contribution in [-0.2, 0) is 33.4 Å². The van der Waals surface area contributed by atoms with Crippen molar-refractivity contribution in [3.8, 4) is 0 Å². The van der Waals surface area contributed by atoms with Gasteiger partial charge in [-0.05, 0) is 77.0 Å². The maximum atomic E-state index is 12.4. The topological polar surface area (TPSA) is 116 Å². The summed E-state index contributed by atoms with van der Waals surface area (Å²) in [6.07, 6.45) is 33.4. The van der Waals surface area contributed by atoms with Crippen LogP contribution in [0.3, 0.4) is 0 Å². The summed E-state index contributed by atoms with van der Waals surface area (Å²) in [5.41, 5.74) is 0. The Morgan fingerprint density at radius 2 is 0.857 bits per heavy atom. The van der Waals surface area contributed by atoms with Gasteiger partial charge in [-0.25, -0.2) is 0 Å². The summed E-state index contributed by atoms with van der Waals surface area (Å²) in [5, 5.41) is 8.82. The molecule has 284 valence electrons. The summed E-state index contributed by atoms with van der Waals surface area (Å²) in [4.78, 5) is 47.1. The average molecular weight is 693 g/mol. The predicted molar refractivity (Wildman–Crippen MR) is 198 cm³/mol. The number of hydrogen-bond acceptors (Lipinski definition) is 7. The molecule has 0 rings (SSSR count). The van der Waals surface area contributed by atoms with Crippen molar-refractivity contribution in [2.24, 2.45) is 0 Å². The Hall–Kier alpha value is -2.64. The lowest BCUT2D eigenvalue weighted by atomic mass is 10.0. The molecular weight excluding hydrogens is 620 g/mol. The van der Waals surface area contributed by atoms with Crippen LogP contribution in [0.5, 0.6) is 0 Å². The lowest BCUT2D eigenvalue weighted by Crippen LogP contribution is -2.18. The van der Waals surface area contributed by atoms with Gasteiger partial charge >= 0.3 is 23.9 Å². The van der Waals surface area contributed by atoms with Crippen LogP contribution in [0.1, 0.15) is 194 Å². The molecule has 0 saturated heterocycles. The fraction of sp³-hybridized carbons (Fsp3) is 0.805. The first-order valence-corrected chi connectivity index (χ1v) is 19.9. The predicted octanol–water partition coefficient (Wildman–Crippen LogP) is 11.1. The van der Waals surface area contributed by atoms with Crippen molar-refractivity contribution in [3.05, 3.63) is 24.3 Å². The van der Waals surface area contributed by atoms with Crippen LogP contribution in [0.2, 0.25) is 0 Å². The van der Waals surface area contributed by atoms with Crippen LogP contribution >= 0.6 is 0 Å². The first-order valence-electron chi connectivity index (χ1n) is 19.9. The SMILES string of the molecule is CCCCCC/C=C\COC(=O)CCCCCCCC(CCCCCCCC(=O)OC/C=C\CCCCCC)OC(=O)CCCCC(=O)O. The molecule has 0 atom stereocenters. The van der Waals surface area contributed by atoms with Crippen molar-refractivity contribution in [1.82, 2.24) is 0 Å².